The molecule has 7 heteroatoms. The van der Waals surface area contributed by atoms with Gasteiger partial charge in [-0.3, -0.25) is 14.5 Å². The van der Waals surface area contributed by atoms with Crippen LogP contribution in [0.25, 0.3) is 0 Å². The van der Waals surface area contributed by atoms with Gasteiger partial charge in [0.05, 0.1) is 0 Å². The first-order valence-electron chi connectivity index (χ1n) is 12.7. The highest BCUT2D eigenvalue weighted by Gasteiger charge is 2.33. The Labute approximate surface area is 206 Å². The summed E-state index contributed by atoms with van der Waals surface area (Å²) in [4.78, 5) is 29.7. The van der Waals surface area contributed by atoms with Crippen LogP contribution in [0, 0.1) is 24.5 Å². The first-order chi connectivity index (χ1) is 16.8. The monoisotopic (exact) mass is 483 g/mol. The van der Waals surface area contributed by atoms with Crippen molar-refractivity contribution in [1.82, 2.24) is 9.80 Å². The van der Waals surface area contributed by atoms with Gasteiger partial charge in [0.1, 0.15) is 11.6 Å². The molecule has 0 spiro atoms. The fraction of sp³-hybridized carbons (Fsp3) is 0.500. The third kappa shape index (κ3) is 6.45. The highest BCUT2D eigenvalue weighted by atomic mass is 19.1. The molecule has 1 N–H and O–H groups in total. The number of benzene rings is 2. The van der Waals surface area contributed by atoms with Crippen LogP contribution < -0.4 is 5.32 Å². The number of carbonyl (C=O) groups excluding carboxylic acids is 2. The topological polar surface area (TPSA) is 52.6 Å². The Kier molecular flexibility index (Phi) is 8.16. The SMILES string of the molecule is Cc1c(CN2CCN(C(=O)C3CCCC3)C(C)C2)cc(F)cc1NC(=O)CCc1cccc(F)c1. The van der Waals surface area contributed by atoms with E-state index in [-0.39, 0.29) is 30.1 Å². The van der Waals surface area contributed by atoms with E-state index in [9.17, 15) is 18.4 Å². The zero-order chi connectivity index (χ0) is 24.9. The Morgan fingerprint density at radius 2 is 1.83 bits per heavy atom. The number of hydrogen-bond donors (Lipinski definition) is 1. The number of carbonyl (C=O) groups is 2. The zero-order valence-corrected chi connectivity index (χ0v) is 20.7. The third-order valence-corrected chi connectivity index (χ3v) is 7.38. The molecule has 188 valence electrons. The summed E-state index contributed by atoms with van der Waals surface area (Å²) in [6.45, 7) is 6.71. The number of piperazine rings is 1. The van der Waals surface area contributed by atoms with Gasteiger partial charge < -0.3 is 10.2 Å². The molecule has 2 fully saturated rings. The van der Waals surface area contributed by atoms with E-state index in [1.165, 1.54) is 24.3 Å². The molecule has 1 saturated carbocycles. The molecule has 2 amide bonds. The number of anilines is 1. The fourth-order valence-corrected chi connectivity index (χ4v) is 5.34. The van der Waals surface area contributed by atoms with Gasteiger partial charge in [0.25, 0.3) is 0 Å². The van der Waals surface area contributed by atoms with Crippen molar-refractivity contribution in [3.63, 3.8) is 0 Å². The van der Waals surface area contributed by atoms with Gasteiger partial charge in [0.2, 0.25) is 11.8 Å². The molecule has 35 heavy (non-hydrogen) atoms. The van der Waals surface area contributed by atoms with Crippen molar-refractivity contribution in [2.45, 2.75) is 65.0 Å². The molecule has 2 aromatic carbocycles. The lowest BCUT2D eigenvalue weighted by Crippen LogP contribution is -2.54. The highest BCUT2D eigenvalue weighted by molar-refractivity contribution is 5.91. The van der Waals surface area contributed by atoms with Gasteiger partial charge in [-0.2, -0.15) is 0 Å². The lowest BCUT2D eigenvalue weighted by atomic mass is 10.0. The first kappa shape index (κ1) is 25.3. The lowest BCUT2D eigenvalue weighted by molar-refractivity contribution is -0.140. The van der Waals surface area contributed by atoms with Gasteiger partial charge in [-0.1, -0.05) is 25.0 Å². The van der Waals surface area contributed by atoms with Gasteiger partial charge in [0, 0.05) is 50.2 Å². The largest absolute Gasteiger partial charge is 0.337 e. The Morgan fingerprint density at radius 3 is 2.54 bits per heavy atom. The molecule has 2 aliphatic rings. The Balaban J connectivity index is 1.35. The molecule has 1 heterocycles. The van der Waals surface area contributed by atoms with Gasteiger partial charge in [-0.05, 0) is 74.1 Å². The molecule has 4 rings (SSSR count). The molecular weight excluding hydrogens is 448 g/mol. The quantitative estimate of drug-likeness (QED) is 0.599. The van der Waals surface area contributed by atoms with Gasteiger partial charge >= 0.3 is 0 Å². The first-order valence-corrected chi connectivity index (χ1v) is 12.7. The molecular formula is C28H35F2N3O2. The summed E-state index contributed by atoms with van der Waals surface area (Å²) in [5.41, 5.74) is 2.87. The maximum atomic E-state index is 14.5. The molecule has 0 aromatic heterocycles. The average Bonchev–Trinajstić information content (AvgIpc) is 3.36. The number of rotatable bonds is 7. The lowest BCUT2D eigenvalue weighted by Gasteiger charge is -2.41. The number of amides is 2. The molecule has 0 bridgehead atoms. The zero-order valence-electron chi connectivity index (χ0n) is 20.7. The van der Waals surface area contributed by atoms with Crippen molar-refractivity contribution in [2.75, 3.05) is 25.0 Å². The number of aryl methyl sites for hydroxylation is 1. The summed E-state index contributed by atoms with van der Waals surface area (Å²) >= 11 is 0. The second-order valence-electron chi connectivity index (χ2n) is 10.0. The molecule has 0 radical (unpaired) electrons. The Hall–Kier alpha value is -2.80. The van der Waals surface area contributed by atoms with Crippen molar-refractivity contribution in [3.8, 4) is 0 Å². The van der Waals surface area contributed by atoms with Gasteiger partial charge in [-0.15, -0.1) is 0 Å². The summed E-state index contributed by atoms with van der Waals surface area (Å²) in [5.74, 6) is -0.483. The van der Waals surface area contributed by atoms with Crippen LogP contribution in [0.1, 0.15) is 55.7 Å². The van der Waals surface area contributed by atoms with E-state index in [0.29, 0.717) is 31.1 Å². The average molecular weight is 484 g/mol. The molecule has 1 atom stereocenters. The Bertz CT molecular complexity index is 1070. The molecule has 1 aliphatic carbocycles. The molecule has 1 saturated heterocycles. The van der Waals surface area contributed by atoms with Gasteiger partial charge in [0.15, 0.2) is 0 Å². The minimum atomic E-state index is -0.394. The van der Waals surface area contributed by atoms with E-state index in [4.69, 9.17) is 0 Å². The van der Waals surface area contributed by atoms with Crippen molar-refractivity contribution >= 4 is 17.5 Å². The van der Waals surface area contributed by atoms with Crippen LogP contribution in [0.5, 0.6) is 0 Å². The minimum absolute atomic E-state index is 0.118. The second kappa shape index (κ2) is 11.3. The minimum Gasteiger partial charge on any atom is -0.337 e. The van der Waals surface area contributed by atoms with E-state index >= 15 is 0 Å². The standard InChI is InChI=1S/C28H35F2N3O2/c1-19-17-32(12-13-33(19)28(35)22-7-3-4-8-22)18-23-15-25(30)16-26(20(23)2)31-27(34)11-10-21-6-5-9-24(29)14-21/h5-6,9,14-16,19,22H,3-4,7-8,10-13,17-18H2,1-2H3,(H,31,34). The molecule has 1 unspecified atom stereocenters. The maximum Gasteiger partial charge on any atom is 0.226 e. The predicted octanol–water partition coefficient (Wildman–Crippen LogP) is 5.07. The van der Waals surface area contributed by atoms with Crippen LogP contribution in [0.15, 0.2) is 36.4 Å². The smallest absolute Gasteiger partial charge is 0.226 e. The van der Waals surface area contributed by atoms with E-state index in [0.717, 1.165) is 55.5 Å². The van der Waals surface area contributed by atoms with Crippen LogP contribution in [0.4, 0.5) is 14.5 Å². The number of nitrogens with zero attached hydrogens (tertiary/aromatic N) is 2. The predicted molar refractivity (Wildman–Crippen MR) is 133 cm³/mol. The number of nitrogens with one attached hydrogen (secondary N) is 1. The van der Waals surface area contributed by atoms with Crippen molar-refractivity contribution in [3.05, 3.63) is 64.7 Å². The summed E-state index contributed by atoms with van der Waals surface area (Å²) in [7, 11) is 0. The van der Waals surface area contributed by atoms with Crippen LogP contribution in [0.3, 0.4) is 0 Å². The summed E-state index contributed by atoms with van der Waals surface area (Å²) < 4.78 is 27.8. The molecule has 1 aliphatic heterocycles. The highest BCUT2D eigenvalue weighted by Crippen LogP contribution is 2.29. The van der Waals surface area contributed by atoms with Crippen molar-refractivity contribution < 1.29 is 18.4 Å². The Morgan fingerprint density at radius 1 is 1.06 bits per heavy atom. The van der Waals surface area contributed by atoms with Crippen LogP contribution in [-0.4, -0.2) is 47.3 Å². The summed E-state index contributed by atoms with van der Waals surface area (Å²) in [6.07, 6.45) is 4.90. The van der Waals surface area contributed by atoms with Crippen molar-refractivity contribution in [2.24, 2.45) is 5.92 Å². The van der Waals surface area contributed by atoms with E-state index in [1.807, 2.05) is 11.8 Å². The number of hydrogen-bond acceptors (Lipinski definition) is 3. The molecule has 5 nitrogen and oxygen atoms in total. The van der Waals surface area contributed by atoms with E-state index in [1.54, 1.807) is 12.1 Å². The summed E-state index contributed by atoms with van der Waals surface area (Å²) in [6, 6.07) is 9.18. The van der Waals surface area contributed by atoms with E-state index < -0.39 is 5.82 Å². The van der Waals surface area contributed by atoms with Crippen LogP contribution in [0.2, 0.25) is 0 Å². The third-order valence-electron chi connectivity index (χ3n) is 7.38. The van der Waals surface area contributed by atoms with Gasteiger partial charge in [-0.25, -0.2) is 8.78 Å². The van der Waals surface area contributed by atoms with Crippen LogP contribution in [-0.2, 0) is 22.6 Å². The van der Waals surface area contributed by atoms with Crippen LogP contribution >= 0.6 is 0 Å². The summed E-state index contributed by atoms with van der Waals surface area (Å²) in [5, 5.41) is 2.83. The molecule has 2 aromatic rings. The maximum absolute atomic E-state index is 14.5. The fourth-order valence-electron chi connectivity index (χ4n) is 5.34. The van der Waals surface area contributed by atoms with E-state index in [2.05, 4.69) is 17.1 Å². The normalized spacial score (nSPS) is 19.2. The van der Waals surface area contributed by atoms with Crippen molar-refractivity contribution in [1.29, 1.82) is 0 Å². The second-order valence-corrected chi connectivity index (χ2v) is 10.0. The number of halogens is 2.